The minimum absolute atomic E-state index is 0.0297. The number of hydrogen-bond donors (Lipinski definition) is 3. The molecule has 16 heavy (non-hydrogen) atoms. The third-order valence-electron chi connectivity index (χ3n) is 2.23. The van der Waals surface area contributed by atoms with Gasteiger partial charge in [-0.25, -0.2) is 0 Å². The Kier molecular flexibility index (Phi) is 7.54. The van der Waals surface area contributed by atoms with E-state index in [0.29, 0.717) is 13.0 Å². The van der Waals surface area contributed by atoms with Crippen LogP contribution in [0, 0.1) is 5.92 Å². The van der Waals surface area contributed by atoms with Crippen LogP contribution in [0.4, 0.5) is 0 Å². The summed E-state index contributed by atoms with van der Waals surface area (Å²) in [6.07, 6.45) is 2.15. The number of aliphatic carboxylic acids is 1. The molecule has 5 heteroatoms. The lowest BCUT2D eigenvalue weighted by molar-refractivity contribution is -0.138. The quantitative estimate of drug-likeness (QED) is 0.573. The van der Waals surface area contributed by atoms with E-state index in [2.05, 4.69) is 5.32 Å². The van der Waals surface area contributed by atoms with Gasteiger partial charge in [-0.05, 0) is 25.7 Å². The zero-order valence-electron chi connectivity index (χ0n) is 10.0. The number of carbonyl (C=O) groups is 2. The standard InChI is InChI=1S/C11H22N2O3/c1-8(6-11(15)16)7-13-10(14)5-3-4-9(2)12/h8-9H,3-7,12H2,1-2H3,(H,13,14)(H,15,16). The van der Waals surface area contributed by atoms with Crippen molar-refractivity contribution < 1.29 is 14.7 Å². The zero-order valence-corrected chi connectivity index (χ0v) is 10.0. The average Bonchev–Trinajstić information content (AvgIpc) is 2.13. The highest BCUT2D eigenvalue weighted by Crippen LogP contribution is 2.01. The summed E-state index contributed by atoms with van der Waals surface area (Å²) in [4.78, 5) is 21.7. The Morgan fingerprint density at radius 1 is 1.38 bits per heavy atom. The van der Waals surface area contributed by atoms with Gasteiger partial charge in [0.1, 0.15) is 0 Å². The van der Waals surface area contributed by atoms with Crippen molar-refractivity contribution >= 4 is 11.9 Å². The van der Waals surface area contributed by atoms with Gasteiger partial charge in [-0.15, -0.1) is 0 Å². The minimum atomic E-state index is -0.835. The highest BCUT2D eigenvalue weighted by atomic mass is 16.4. The lowest BCUT2D eigenvalue weighted by atomic mass is 10.1. The minimum Gasteiger partial charge on any atom is -0.481 e. The van der Waals surface area contributed by atoms with Crippen molar-refractivity contribution in [1.82, 2.24) is 5.32 Å². The molecule has 5 nitrogen and oxygen atoms in total. The molecule has 0 aliphatic carbocycles. The molecule has 2 atom stereocenters. The number of rotatable bonds is 8. The molecule has 0 bridgehead atoms. The average molecular weight is 230 g/mol. The predicted molar refractivity (Wildman–Crippen MR) is 61.9 cm³/mol. The van der Waals surface area contributed by atoms with E-state index in [9.17, 15) is 9.59 Å². The number of carboxylic acid groups (broad SMARTS) is 1. The SMILES string of the molecule is CC(N)CCCC(=O)NCC(C)CC(=O)O. The molecule has 0 aliphatic rings. The smallest absolute Gasteiger partial charge is 0.303 e. The number of hydrogen-bond acceptors (Lipinski definition) is 3. The summed E-state index contributed by atoms with van der Waals surface area (Å²) in [6.45, 7) is 4.13. The molecule has 0 spiro atoms. The molecule has 2 unspecified atom stereocenters. The van der Waals surface area contributed by atoms with Crippen LogP contribution in [-0.4, -0.2) is 29.6 Å². The first kappa shape index (κ1) is 14.9. The third kappa shape index (κ3) is 9.45. The molecule has 0 radical (unpaired) electrons. The summed E-state index contributed by atoms with van der Waals surface area (Å²) < 4.78 is 0. The van der Waals surface area contributed by atoms with Crippen molar-refractivity contribution in [2.24, 2.45) is 11.7 Å². The van der Waals surface area contributed by atoms with Crippen molar-refractivity contribution in [3.8, 4) is 0 Å². The second kappa shape index (κ2) is 8.10. The molecular weight excluding hydrogens is 208 g/mol. The Hall–Kier alpha value is -1.10. The van der Waals surface area contributed by atoms with E-state index in [0.717, 1.165) is 12.8 Å². The third-order valence-corrected chi connectivity index (χ3v) is 2.23. The highest BCUT2D eigenvalue weighted by molar-refractivity contribution is 5.75. The maximum atomic E-state index is 11.3. The van der Waals surface area contributed by atoms with Crippen LogP contribution >= 0.6 is 0 Å². The Balaban J connectivity index is 3.53. The monoisotopic (exact) mass is 230 g/mol. The van der Waals surface area contributed by atoms with Gasteiger partial charge in [-0.1, -0.05) is 6.92 Å². The van der Waals surface area contributed by atoms with Crippen molar-refractivity contribution in [3.05, 3.63) is 0 Å². The van der Waals surface area contributed by atoms with Crippen LogP contribution in [-0.2, 0) is 9.59 Å². The Morgan fingerprint density at radius 3 is 2.50 bits per heavy atom. The van der Waals surface area contributed by atoms with Gasteiger partial charge in [0.25, 0.3) is 0 Å². The fourth-order valence-corrected chi connectivity index (χ4v) is 1.33. The summed E-state index contributed by atoms with van der Waals surface area (Å²) in [5.41, 5.74) is 5.56. The lowest BCUT2D eigenvalue weighted by Gasteiger charge is -2.10. The van der Waals surface area contributed by atoms with Crippen molar-refractivity contribution in [1.29, 1.82) is 0 Å². The van der Waals surface area contributed by atoms with Crippen LogP contribution in [0.5, 0.6) is 0 Å². The van der Waals surface area contributed by atoms with E-state index in [4.69, 9.17) is 10.8 Å². The number of carbonyl (C=O) groups excluding carboxylic acids is 1. The molecule has 0 aromatic heterocycles. The van der Waals surface area contributed by atoms with Gasteiger partial charge in [0.05, 0.1) is 0 Å². The molecular formula is C11H22N2O3. The largest absolute Gasteiger partial charge is 0.481 e. The molecule has 0 saturated heterocycles. The fourth-order valence-electron chi connectivity index (χ4n) is 1.33. The van der Waals surface area contributed by atoms with Crippen LogP contribution in [0.3, 0.4) is 0 Å². The van der Waals surface area contributed by atoms with E-state index in [1.54, 1.807) is 6.92 Å². The number of carboxylic acids is 1. The summed E-state index contributed by atoms with van der Waals surface area (Å²) in [5, 5.41) is 11.2. The maximum absolute atomic E-state index is 11.3. The first-order valence-corrected chi connectivity index (χ1v) is 5.66. The summed E-state index contributed by atoms with van der Waals surface area (Å²) in [5.74, 6) is -0.897. The molecule has 0 aliphatic heterocycles. The zero-order chi connectivity index (χ0) is 12.6. The summed E-state index contributed by atoms with van der Waals surface area (Å²) >= 11 is 0. The van der Waals surface area contributed by atoms with Crippen LogP contribution in [0.2, 0.25) is 0 Å². The second-order valence-corrected chi connectivity index (χ2v) is 4.38. The van der Waals surface area contributed by atoms with Crippen LogP contribution in [0.15, 0.2) is 0 Å². The molecule has 1 amide bonds. The van der Waals surface area contributed by atoms with Gasteiger partial charge in [-0.2, -0.15) is 0 Å². The van der Waals surface area contributed by atoms with E-state index >= 15 is 0 Å². The molecule has 0 aromatic rings. The Morgan fingerprint density at radius 2 is 2.00 bits per heavy atom. The van der Waals surface area contributed by atoms with Crippen LogP contribution in [0.1, 0.15) is 39.5 Å². The fraction of sp³-hybridized carbons (Fsp3) is 0.818. The van der Waals surface area contributed by atoms with Gasteiger partial charge in [0, 0.05) is 25.4 Å². The molecule has 0 aromatic carbocycles. The molecule has 0 fully saturated rings. The number of nitrogens with two attached hydrogens (primary N) is 1. The van der Waals surface area contributed by atoms with Crippen molar-refractivity contribution in [2.45, 2.75) is 45.6 Å². The van der Waals surface area contributed by atoms with Crippen molar-refractivity contribution in [3.63, 3.8) is 0 Å². The molecule has 4 N–H and O–H groups in total. The van der Waals surface area contributed by atoms with Gasteiger partial charge >= 0.3 is 5.97 Å². The number of nitrogens with one attached hydrogen (secondary N) is 1. The van der Waals surface area contributed by atoms with Gasteiger partial charge < -0.3 is 16.2 Å². The summed E-state index contributed by atoms with van der Waals surface area (Å²) in [7, 11) is 0. The van der Waals surface area contributed by atoms with Crippen molar-refractivity contribution in [2.75, 3.05) is 6.54 Å². The molecule has 94 valence electrons. The molecule has 0 heterocycles. The topological polar surface area (TPSA) is 92.4 Å². The Bertz CT molecular complexity index is 229. The number of amides is 1. The Labute approximate surface area is 96.4 Å². The van der Waals surface area contributed by atoms with Gasteiger partial charge in [0.15, 0.2) is 0 Å². The van der Waals surface area contributed by atoms with Crippen LogP contribution < -0.4 is 11.1 Å². The van der Waals surface area contributed by atoms with Gasteiger partial charge in [0.2, 0.25) is 5.91 Å². The lowest BCUT2D eigenvalue weighted by Crippen LogP contribution is -2.29. The highest BCUT2D eigenvalue weighted by Gasteiger charge is 2.09. The predicted octanol–water partition coefficient (Wildman–Crippen LogP) is 0.731. The first-order valence-electron chi connectivity index (χ1n) is 5.66. The van der Waals surface area contributed by atoms with Gasteiger partial charge in [-0.3, -0.25) is 9.59 Å². The molecule has 0 saturated carbocycles. The normalized spacial score (nSPS) is 14.2. The van der Waals surface area contributed by atoms with E-state index in [-0.39, 0.29) is 24.3 Å². The second-order valence-electron chi connectivity index (χ2n) is 4.38. The summed E-state index contributed by atoms with van der Waals surface area (Å²) in [6, 6.07) is 0.124. The van der Waals surface area contributed by atoms with E-state index < -0.39 is 5.97 Å². The maximum Gasteiger partial charge on any atom is 0.303 e. The van der Waals surface area contributed by atoms with E-state index in [1.807, 2.05) is 6.92 Å². The molecule has 0 rings (SSSR count). The van der Waals surface area contributed by atoms with E-state index in [1.165, 1.54) is 0 Å². The van der Waals surface area contributed by atoms with Crippen LogP contribution in [0.25, 0.3) is 0 Å². The first-order chi connectivity index (χ1) is 7.41.